The molecule has 0 heterocycles. The molecule has 0 saturated carbocycles. The fourth-order valence-electron chi connectivity index (χ4n) is 2.32. The lowest BCUT2D eigenvalue weighted by molar-refractivity contribution is -0.117. The van der Waals surface area contributed by atoms with Gasteiger partial charge in [0.25, 0.3) is 5.91 Å². The summed E-state index contributed by atoms with van der Waals surface area (Å²) in [7, 11) is 0. The monoisotopic (exact) mass is 304 g/mol. The molecule has 23 heavy (non-hydrogen) atoms. The van der Waals surface area contributed by atoms with E-state index in [1.165, 1.54) is 5.56 Å². The minimum Gasteiger partial charge on any atom is -0.347 e. The van der Waals surface area contributed by atoms with Crippen molar-refractivity contribution >= 4 is 12.0 Å². The van der Waals surface area contributed by atoms with Gasteiger partial charge in [-0.05, 0) is 54.7 Å². The van der Waals surface area contributed by atoms with Crippen LogP contribution < -0.4 is 5.32 Å². The number of amides is 1. The van der Waals surface area contributed by atoms with E-state index in [1.807, 2.05) is 63.2 Å². The summed E-state index contributed by atoms with van der Waals surface area (Å²) in [5.74, 6) is -0.353. The summed E-state index contributed by atoms with van der Waals surface area (Å²) in [4.78, 5) is 12.2. The number of nitrogens with one attached hydrogen (secondary N) is 1. The van der Waals surface area contributed by atoms with Gasteiger partial charge in [0.2, 0.25) is 0 Å². The number of nitriles is 1. The zero-order chi connectivity index (χ0) is 16.8. The maximum Gasteiger partial charge on any atom is 0.262 e. The molecule has 0 aliphatic rings. The Hall–Kier alpha value is -2.86. The molecule has 3 heteroatoms. The molecule has 0 bridgehead atoms. The van der Waals surface area contributed by atoms with Gasteiger partial charge in [0, 0.05) is 6.54 Å². The van der Waals surface area contributed by atoms with Gasteiger partial charge >= 0.3 is 0 Å². The number of hydrogen-bond donors (Lipinski definition) is 1. The van der Waals surface area contributed by atoms with Crippen LogP contribution in [0.1, 0.15) is 27.8 Å². The first-order valence-corrected chi connectivity index (χ1v) is 7.53. The second kappa shape index (κ2) is 7.42. The predicted octanol–water partition coefficient (Wildman–Crippen LogP) is 3.84. The van der Waals surface area contributed by atoms with E-state index in [9.17, 15) is 10.1 Å². The van der Waals surface area contributed by atoms with Crippen molar-refractivity contribution in [1.82, 2.24) is 5.32 Å². The first kappa shape index (κ1) is 16.5. The molecule has 0 aliphatic carbocycles. The van der Waals surface area contributed by atoms with E-state index in [2.05, 4.69) is 11.4 Å². The Balaban J connectivity index is 2.17. The first-order valence-electron chi connectivity index (χ1n) is 7.53. The van der Waals surface area contributed by atoms with Gasteiger partial charge in [-0.1, -0.05) is 42.5 Å². The third kappa shape index (κ3) is 4.31. The zero-order valence-corrected chi connectivity index (χ0v) is 13.7. The van der Waals surface area contributed by atoms with Crippen molar-refractivity contribution in [3.05, 3.63) is 75.9 Å². The lowest BCUT2D eigenvalue weighted by Crippen LogP contribution is -2.23. The Morgan fingerprint density at radius 3 is 2.39 bits per heavy atom. The topological polar surface area (TPSA) is 52.9 Å². The normalized spacial score (nSPS) is 11.0. The van der Waals surface area contributed by atoms with Gasteiger partial charge in [-0.25, -0.2) is 0 Å². The molecular formula is C20H20N2O. The summed E-state index contributed by atoms with van der Waals surface area (Å²) in [6.45, 7) is 6.46. The maximum atomic E-state index is 12.2. The largest absolute Gasteiger partial charge is 0.347 e. The van der Waals surface area contributed by atoms with E-state index in [0.717, 1.165) is 22.3 Å². The SMILES string of the molecule is Cc1cc(C)c(/C=C(/C#N)C(=O)NCc2ccccc2)cc1C. The van der Waals surface area contributed by atoms with Crippen molar-refractivity contribution in [1.29, 1.82) is 5.26 Å². The van der Waals surface area contributed by atoms with E-state index >= 15 is 0 Å². The van der Waals surface area contributed by atoms with Gasteiger partial charge in [-0.2, -0.15) is 5.26 Å². The number of benzene rings is 2. The van der Waals surface area contributed by atoms with Crippen molar-refractivity contribution < 1.29 is 4.79 Å². The van der Waals surface area contributed by atoms with Gasteiger partial charge < -0.3 is 5.32 Å². The summed E-state index contributed by atoms with van der Waals surface area (Å²) in [6, 6.07) is 15.7. The number of carbonyl (C=O) groups excluding carboxylic acids is 1. The van der Waals surface area contributed by atoms with Crippen molar-refractivity contribution in [2.75, 3.05) is 0 Å². The molecule has 2 aromatic rings. The fourth-order valence-corrected chi connectivity index (χ4v) is 2.32. The molecule has 116 valence electrons. The van der Waals surface area contributed by atoms with Crippen molar-refractivity contribution in [2.45, 2.75) is 27.3 Å². The quantitative estimate of drug-likeness (QED) is 0.689. The van der Waals surface area contributed by atoms with Crippen LogP contribution in [0.25, 0.3) is 6.08 Å². The van der Waals surface area contributed by atoms with Gasteiger partial charge in [0.05, 0.1) is 0 Å². The average Bonchev–Trinajstić information content (AvgIpc) is 2.55. The summed E-state index contributed by atoms with van der Waals surface area (Å²) in [5.41, 5.74) is 5.42. The van der Waals surface area contributed by atoms with Crippen LogP contribution in [0.5, 0.6) is 0 Å². The Bertz CT molecular complexity index is 783. The van der Waals surface area contributed by atoms with Crippen LogP contribution >= 0.6 is 0 Å². The molecule has 3 nitrogen and oxygen atoms in total. The smallest absolute Gasteiger partial charge is 0.262 e. The highest BCUT2D eigenvalue weighted by molar-refractivity contribution is 6.01. The van der Waals surface area contributed by atoms with Crippen molar-refractivity contribution in [2.24, 2.45) is 0 Å². The van der Waals surface area contributed by atoms with Gasteiger partial charge in [0.15, 0.2) is 0 Å². The summed E-state index contributed by atoms with van der Waals surface area (Å²) >= 11 is 0. The third-order valence-electron chi connectivity index (χ3n) is 3.84. The van der Waals surface area contributed by atoms with Crippen LogP contribution in [0.15, 0.2) is 48.0 Å². The second-order valence-electron chi connectivity index (χ2n) is 5.63. The van der Waals surface area contributed by atoms with Crippen LogP contribution in [0, 0.1) is 32.1 Å². The molecule has 1 N–H and O–H groups in total. The molecule has 2 rings (SSSR count). The Labute approximate surface area is 137 Å². The van der Waals surface area contributed by atoms with Crippen LogP contribution in [0.3, 0.4) is 0 Å². The highest BCUT2D eigenvalue weighted by Gasteiger charge is 2.10. The minimum absolute atomic E-state index is 0.118. The Kier molecular flexibility index (Phi) is 5.32. The lowest BCUT2D eigenvalue weighted by Gasteiger charge is -2.08. The number of rotatable bonds is 4. The van der Waals surface area contributed by atoms with E-state index < -0.39 is 0 Å². The van der Waals surface area contributed by atoms with Crippen LogP contribution in [0.4, 0.5) is 0 Å². The highest BCUT2D eigenvalue weighted by atomic mass is 16.1. The molecule has 0 fully saturated rings. The van der Waals surface area contributed by atoms with Crippen molar-refractivity contribution in [3.8, 4) is 6.07 Å². The van der Waals surface area contributed by atoms with Gasteiger partial charge in [0.1, 0.15) is 11.6 Å². The van der Waals surface area contributed by atoms with Gasteiger partial charge in [-0.3, -0.25) is 4.79 Å². The van der Waals surface area contributed by atoms with Crippen LogP contribution in [0.2, 0.25) is 0 Å². The number of carbonyl (C=O) groups is 1. The number of hydrogen-bond acceptors (Lipinski definition) is 2. The molecule has 0 saturated heterocycles. The average molecular weight is 304 g/mol. The predicted molar refractivity (Wildman–Crippen MR) is 92.5 cm³/mol. The molecule has 2 aromatic carbocycles. The van der Waals surface area contributed by atoms with E-state index in [-0.39, 0.29) is 11.5 Å². The Morgan fingerprint density at radius 1 is 1.09 bits per heavy atom. The third-order valence-corrected chi connectivity index (χ3v) is 3.84. The second-order valence-corrected chi connectivity index (χ2v) is 5.63. The molecule has 0 atom stereocenters. The lowest BCUT2D eigenvalue weighted by atomic mass is 9.99. The standard InChI is InChI=1S/C20H20N2O/c1-14-9-16(3)18(10-15(14)2)11-19(12-21)20(23)22-13-17-7-5-4-6-8-17/h4-11H,13H2,1-3H3,(H,22,23)/b19-11-. The number of aryl methyl sites for hydroxylation is 3. The van der Waals surface area contributed by atoms with E-state index in [4.69, 9.17) is 0 Å². The molecule has 0 radical (unpaired) electrons. The maximum absolute atomic E-state index is 12.2. The fraction of sp³-hybridized carbons (Fsp3) is 0.200. The Morgan fingerprint density at radius 2 is 1.74 bits per heavy atom. The summed E-state index contributed by atoms with van der Waals surface area (Å²) < 4.78 is 0. The molecule has 0 aromatic heterocycles. The molecule has 0 aliphatic heterocycles. The van der Waals surface area contributed by atoms with E-state index in [0.29, 0.717) is 6.54 Å². The summed E-state index contributed by atoms with van der Waals surface area (Å²) in [5, 5.41) is 12.1. The highest BCUT2D eigenvalue weighted by Crippen LogP contribution is 2.18. The van der Waals surface area contributed by atoms with Crippen molar-refractivity contribution in [3.63, 3.8) is 0 Å². The molecule has 0 spiro atoms. The van der Waals surface area contributed by atoms with Crippen LogP contribution in [-0.4, -0.2) is 5.91 Å². The molecule has 0 unspecified atom stereocenters. The van der Waals surface area contributed by atoms with Gasteiger partial charge in [-0.15, -0.1) is 0 Å². The van der Waals surface area contributed by atoms with E-state index in [1.54, 1.807) is 6.08 Å². The minimum atomic E-state index is -0.353. The van der Waals surface area contributed by atoms with Crippen LogP contribution in [-0.2, 0) is 11.3 Å². The summed E-state index contributed by atoms with van der Waals surface area (Å²) in [6.07, 6.45) is 1.65. The number of nitrogens with zero attached hydrogens (tertiary/aromatic N) is 1. The first-order chi connectivity index (χ1) is 11.0. The zero-order valence-electron chi connectivity index (χ0n) is 13.7. The molecule has 1 amide bonds. The molecular weight excluding hydrogens is 284 g/mol.